The summed E-state index contributed by atoms with van der Waals surface area (Å²) in [7, 11) is 2.01. The van der Waals surface area contributed by atoms with Crippen LogP contribution in [0.1, 0.15) is 41.1 Å². The molecule has 2 aromatic carbocycles. The summed E-state index contributed by atoms with van der Waals surface area (Å²) in [6.07, 6.45) is 2.85. The van der Waals surface area contributed by atoms with Gasteiger partial charge in [0.1, 0.15) is 5.75 Å². The fourth-order valence-electron chi connectivity index (χ4n) is 2.71. The fraction of sp³-hybridized carbons (Fsp3) is 0.368. The van der Waals surface area contributed by atoms with Gasteiger partial charge in [0.05, 0.1) is 12.1 Å². The summed E-state index contributed by atoms with van der Waals surface area (Å²) in [5.41, 5.74) is 5.30. The molecule has 0 aliphatic heterocycles. The van der Waals surface area contributed by atoms with Crippen LogP contribution in [0.15, 0.2) is 42.5 Å². The summed E-state index contributed by atoms with van der Waals surface area (Å²) in [4.78, 5) is 0. The number of hydrogen-bond acceptors (Lipinski definition) is 2. The zero-order valence-electron chi connectivity index (χ0n) is 13.0. The van der Waals surface area contributed by atoms with E-state index >= 15 is 0 Å². The Balaban J connectivity index is 1.86. The lowest BCUT2D eigenvalue weighted by atomic mass is 9.93. The summed E-state index contributed by atoms with van der Waals surface area (Å²) in [6.45, 7) is 4.36. The van der Waals surface area contributed by atoms with Gasteiger partial charge in [-0.1, -0.05) is 30.3 Å². The van der Waals surface area contributed by atoms with E-state index in [0.717, 1.165) is 5.75 Å². The van der Waals surface area contributed by atoms with Crippen LogP contribution in [-0.2, 0) is 0 Å². The van der Waals surface area contributed by atoms with Gasteiger partial charge in [-0.15, -0.1) is 0 Å². The van der Waals surface area contributed by atoms with Gasteiger partial charge in [-0.3, -0.25) is 0 Å². The van der Waals surface area contributed by atoms with Crippen molar-refractivity contribution in [3.05, 3.63) is 64.7 Å². The third-order valence-electron chi connectivity index (χ3n) is 4.29. The van der Waals surface area contributed by atoms with Gasteiger partial charge >= 0.3 is 0 Å². The number of ether oxygens (including phenoxy) is 1. The predicted molar refractivity (Wildman–Crippen MR) is 86.9 cm³/mol. The minimum atomic E-state index is 0.222. The first-order valence-electron chi connectivity index (χ1n) is 7.69. The van der Waals surface area contributed by atoms with E-state index in [-0.39, 0.29) is 6.04 Å². The van der Waals surface area contributed by atoms with Crippen molar-refractivity contribution in [2.24, 2.45) is 0 Å². The van der Waals surface area contributed by atoms with Gasteiger partial charge in [-0.2, -0.15) is 0 Å². The number of nitrogens with one attached hydrogen (secondary N) is 1. The van der Waals surface area contributed by atoms with Gasteiger partial charge in [0.25, 0.3) is 0 Å². The van der Waals surface area contributed by atoms with E-state index in [2.05, 4.69) is 61.6 Å². The molecule has 0 spiro atoms. The van der Waals surface area contributed by atoms with Gasteiger partial charge in [-0.05, 0) is 68.1 Å². The highest BCUT2D eigenvalue weighted by Crippen LogP contribution is 2.30. The Morgan fingerprint density at radius 2 is 1.76 bits per heavy atom. The van der Waals surface area contributed by atoms with Crippen LogP contribution in [0.4, 0.5) is 0 Å². The molecule has 3 rings (SSSR count). The number of hydrogen-bond donors (Lipinski definition) is 1. The second-order valence-corrected chi connectivity index (χ2v) is 5.90. The van der Waals surface area contributed by atoms with Crippen molar-refractivity contribution in [1.82, 2.24) is 5.32 Å². The lowest BCUT2D eigenvalue weighted by Gasteiger charge is -2.21. The molecule has 1 unspecified atom stereocenters. The monoisotopic (exact) mass is 281 g/mol. The lowest BCUT2D eigenvalue weighted by molar-refractivity contribution is 0.303. The van der Waals surface area contributed by atoms with Crippen molar-refractivity contribution in [1.29, 1.82) is 0 Å². The molecule has 0 aromatic heterocycles. The molecule has 1 aliphatic carbocycles. The summed E-state index contributed by atoms with van der Waals surface area (Å²) < 4.78 is 5.82. The van der Waals surface area contributed by atoms with Crippen molar-refractivity contribution in [3.8, 4) is 5.75 Å². The van der Waals surface area contributed by atoms with Crippen LogP contribution >= 0.6 is 0 Å². The third kappa shape index (κ3) is 3.11. The maximum absolute atomic E-state index is 5.82. The van der Waals surface area contributed by atoms with Crippen LogP contribution in [0.5, 0.6) is 5.75 Å². The van der Waals surface area contributed by atoms with Crippen molar-refractivity contribution >= 4 is 0 Å². The molecule has 0 amide bonds. The molecule has 2 nitrogen and oxygen atoms in total. The van der Waals surface area contributed by atoms with Gasteiger partial charge in [-0.25, -0.2) is 0 Å². The van der Waals surface area contributed by atoms with E-state index < -0.39 is 0 Å². The maximum atomic E-state index is 5.82. The predicted octanol–water partition coefficient (Wildman–Crippen LogP) is 4.15. The SMILES string of the molecule is CNC(c1ccc(OC2CC2)cc1)c1cccc(C)c1C. The fourth-order valence-corrected chi connectivity index (χ4v) is 2.71. The molecule has 0 saturated heterocycles. The molecule has 1 fully saturated rings. The lowest BCUT2D eigenvalue weighted by Crippen LogP contribution is -2.19. The van der Waals surface area contributed by atoms with Crippen molar-refractivity contribution < 1.29 is 4.74 Å². The molecule has 0 heterocycles. The average Bonchev–Trinajstić information content (AvgIpc) is 3.30. The van der Waals surface area contributed by atoms with Crippen molar-refractivity contribution in [2.45, 2.75) is 38.8 Å². The van der Waals surface area contributed by atoms with Crippen LogP contribution in [0.3, 0.4) is 0 Å². The number of benzene rings is 2. The minimum Gasteiger partial charge on any atom is -0.490 e. The van der Waals surface area contributed by atoms with Crippen LogP contribution in [0.25, 0.3) is 0 Å². The zero-order chi connectivity index (χ0) is 14.8. The zero-order valence-corrected chi connectivity index (χ0v) is 13.0. The normalized spacial score (nSPS) is 15.8. The first-order chi connectivity index (χ1) is 10.2. The second-order valence-electron chi connectivity index (χ2n) is 5.90. The molecule has 1 aliphatic rings. The van der Waals surface area contributed by atoms with Crippen molar-refractivity contribution in [2.75, 3.05) is 7.05 Å². The van der Waals surface area contributed by atoms with E-state index in [1.807, 2.05) is 7.05 Å². The summed E-state index contributed by atoms with van der Waals surface area (Å²) in [5, 5.41) is 3.43. The van der Waals surface area contributed by atoms with E-state index in [9.17, 15) is 0 Å². The van der Waals surface area contributed by atoms with Crippen LogP contribution in [0, 0.1) is 13.8 Å². The Morgan fingerprint density at radius 3 is 2.38 bits per heavy atom. The minimum absolute atomic E-state index is 0.222. The number of rotatable bonds is 5. The number of aryl methyl sites for hydroxylation is 1. The average molecular weight is 281 g/mol. The molecule has 1 saturated carbocycles. The molecule has 1 N–H and O–H groups in total. The van der Waals surface area contributed by atoms with Crippen molar-refractivity contribution in [3.63, 3.8) is 0 Å². The molecule has 2 heteroatoms. The smallest absolute Gasteiger partial charge is 0.119 e. The van der Waals surface area contributed by atoms with Crippen LogP contribution in [-0.4, -0.2) is 13.2 Å². The molecule has 110 valence electrons. The van der Waals surface area contributed by atoms with E-state index in [0.29, 0.717) is 6.10 Å². The van der Waals surface area contributed by atoms with Gasteiger partial charge in [0.2, 0.25) is 0 Å². The first-order valence-corrected chi connectivity index (χ1v) is 7.69. The highest BCUT2D eigenvalue weighted by atomic mass is 16.5. The molecule has 1 atom stereocenters. The highest BCUT2D eigenvalue weighted by molar-refractivity contribution is 5.41. The Labute approximate surface area is 127 Å². The third-order valence-corrected chi connectivity index (χ3v) is 4.29. The molecule has 0 radical (unpaired) electrons. The second kappa shape index (κ2) is 5.90. The molecule has 21 heavy (non-hydrogen) atoms. The Bertz CT molecular complexity index is 614. The molecule has 2 aromatic rings. The Morgan fingerprint density at radius 1 is 1.05 bits per heavy atom. The largest absolute Gasteiger partial charge is 0.490 e. The Hall–Kier alpha value is -1.80. The van der Waals surface area contributed by atoms with Gasteiger partial charge < -0.3 is 10.1 Å². The molecular weight excluding hydrogens is 258 g/mol. The highest BCUT2D eigenvalue weighted by Gasteiger charge is 2.23. The first kappa shape index (κ1) is 14.2. The molecular formula is C19H23NO. The van der Waals surface area contributed by atoms with Gasteiger partial charge in [0, 0.05) is 0 Å². The van der Waals surface area contributed by atoms with Gasteiger partial charge in [0.15, 0.2) is 0 Å². The summed E-state index contributed by atoms with van der Waals surface area (Å²) >= 11 is 0. The van der Waals surface area contributed by atoms with Crippen LogP contribution in [0.2, 0.25) is 0 Å². The van der Waals surface area contributed by atoms with E-state index in [1.165, 1.54) is 35.1 Å². The maximum Gasteiger partial charge on any atom is 0.119 e. The van der Waals surface area contributed by atoms with Crippen LogP contribution < -0.4 is 10.1 Å². The summed E-state index contributed by atoms with van der Waals surface area (Å²) in [5.74, 6) is 0.983. The topological polar surface area (TPSA) is 21.3 Å². The standard InChI is InChI=1S/C19H23NO/c1-13-5-4-6-18(14(13)2)19(20-3)15-7-9-16(10-8-15)21-17-11-12-17/h4-10,17,19-20H,11-12H2,1-3H3. The quantitative estimate of drug-likeness (QED) is 0.889. The van der Waals surface area contributed by atoms with E-state index in [1.54, 1.807) is 0 Å². The molecule has 0 bridgehead atoms. The summed E-state index contributed by atoms with van der Waals surface area (Å²) in [6, 6.07) is 15.2. The Kier molecular flexibility index (Phi) is 3.98. The van der Waals surface area contributed by atoms with E-state index in [4.69, 9.17) is 4.74 Å².